The zero-order valence-electron chi connectivity index (χ0n) is 12.1. The van der Waals surface area contributed by atoms with Crippen LogP contribution >= 0.6 is 22.7 Å². The highest BCUT2D eigenvalue weighted by atomic mass is 32.1. The van der Waals surface area contributed by atoms with Gasteiger partial charge >= 0.3 is 6.18 Å². The molecule has 2 N–H and O–H groups in total. The van der Waals surface area contributed by atoms with E-state index in [9.17, 15) is 13.2 Å². The van der Waals surface area contributed by atoms with Gasteiger partial charge in [0.1, 0.15) is 5.82 Å². The maximum atomic E-state index is 12.7. The molecule has 3 aromatic heterocycles. The molecule has 3 aromatic rings. The molecule has 23 heavy (non-hydrogen) atoms. The van der Waals surface area contributed by atoms with Crippen LogP contribution in [0, 0.1) is 13.8 Å². The first-order valence-electron chi connectivity index (χ1n) is 6.49. The van der Waals surface area contributed by atoms with Gasteiger partial charge < -0.3 is 5.73 Å². The Kier molecular flexibility index (Phi) is 3.85. The molecule has 0 atom stereocenters. The molecule has 0 aliphatic carbocycles. The summed E-state index contributed by atoms with van der Waals surface area (Å²) in [5.41, 5.74) is 6.32. The van der Waals surface area contributed by atoms with E-state index in [0.29, 0.717) is 5.69 Å². The highest BCUT2D eigenvalue weighted by Gasteiger charge is 2.34. The smallest absolute Gasteiger partial charge is 0.384 e. The molecule has 4 nitrogen and oxygen atoms in total. The predicted molar refractivity (Wildman–Crippen MR) is 85.3 cm³/mol. The number of anilines is 1. The SMILES string of the molecule is Cc1cc(-c2cc(N)nc(-c3nc(C(F)(F)F)cs3)n2)c(C)s1. The molecule has 0 saturated heterocycles. The summed E-state index contributed by atoms with van der Waals surface area (Å²) >= 11 is 2.46. The topological polar surface area (TPSA) is 64.7 Å². The number of hydrogen-bond donors (Lipinski definition) is 1. The van der Waals surface area contributed by atoms with Gasteiger partial charge in [0.25, 0.3) is 0 Å². The number of nitrogens with two attached hydrogens (primary N) is 1. The first-order chi connectivity index (χ1) is 10.7. The third-order valence-corrected chi connectivity index (χ3v) is 4.85. The van der Waals surface area contributed by atoms with Gasteiger partial charge in [-0.15, -0.1) is 22.7 Å². The predicted octanol–water partition coefficient (Wildman–Crippen LogP) is 4.55. The Labute approximate surface area is 137 Å². The Bertz CT molecular complexity index is 867. The summed E-state index contributed by atoms with van der Waals surface area (Å²) in [6.07, 6.45) is -4.49. The number of halogens is 3. The minimum absolute atomic E-state index is 0.0930. The van der Waals surface area contributed by atoms with Gasteiger partial charge in [-0.1, -0.05) is 0 Å². The maximum absolute atomic E-state index is 12.7. The van der Waals surface area contributed by atoms with Crippen molar-refractivity contribution in [1.29, 1.82) is 0 Å². The first kappa shape index (κ1) is 15.9. The molecule has 0 spiro atoms. The number of nitrogen functional groups attached to an aromatic ring is 1. The van der Waals surface area contributed by atoms with Crippen LogP contribution in [-0.2, 0) is 6.18 Å². The van der Waals surface area contributed by atoms with Crippen molar-refractivity contribution in [3.63, 3.8) is 0 Å². The monoisotopic (exact) mass is 356 g/mol. The van der Waals surface area contributed by atoms with E-state index in [1.165, 1.54) is 0 Å². The van der Waals surface area contributed by atoms with Gasteiger partial charge in [0.05, 0.1) is 5.69 Å². The fourth-order valence-corrected chi connectivity index (χ4v) is 3.78. The summed E-state index contributed by atoms with van der Waals surface area (Å²) in [5, 5.41) is 1.04. The van der Waals surface area contributed by atoms with Gasteiger partial charge in [-0.25, -0.2) is 15.0 Å². The average Bonchev–Trinajstić information content (AvgIpc) is 3.04. The van der Waals surface area contributed by atoms with Gasteiger partial charge in [0.15, 0.2) is 16.5 Å². The molecule has 9 heteroatoms. The number of hydrogen-bond acceptors (Lipinski definition) is 6. The molecule has 0 amide bonds. The Morgan fingerprint density at radius 3 is 2.39 bits per heavy atom. The van der Waals surface area contributed by atoms with Crippen LogP contribution in [0.3, 0.4) is 0 Å². The van der Waals surface area contributed by atoms with Crippen LogP contribution in [0.25, 0.3) is 22.1 Å². The summed E-state index contributed by atoms with van der Waals surface area (Å²) in [5.74, 6) is 0.292. The molecule has 3 heterocycles. The number of rotatable bonds is 2. The van der Waals surface area contributed by atoms with Gasteiger partial charge in [0, 0.05) is 26.8 Å². The first-order valence-corrected chi connectivity index (χ1v) is 8.18. The van der Waals surface area contributed by atoms with Gasteiger partial charge in [-0.3, -0.25) is 0 Å². The minimum atomic E-state index is -4.49. The lowest BCUT2D eigenvalue weighted by molar-refractivity contribution is -0.140. The van der Waals surface area contributed by atoms with Crippen molar-refractivity contribution in [3.8, 4) is 22.1 Å². The van der Waals surface area contributed by atoms with Crippen molar-refractivity contribution in [3.05, 3.63) is 33.0 Å². The van der Waals surface area contributed by atoms with Crippen molar-refractivity contribution in [2.24, 2.45) is 0 Å². The van der Waals surface area contributed by atoms with E-state index >= 15 is 0 Å². The maximum Gasteiger partial charge on any atom is 0.434 e. The zero-order chi connectivity index (χ0) is 16.8. The highest BCUT2D eigenvalue weighted by molar-refractivity contribution is 7.13. The standard InChI is InChI=1S/C14H11F3N4S2/c1-6-3-8(7(2)23-6)9-4-11(18)21-12(19-9)13-20-10(5-22-13)14(15,16)17/h3-5H,1-2H3,(H2,18,19,21). The van der Waals surface area contributed by atoms with Gasteiger partial charge in [-0.05, 0) is 19.9 Å². The van der Waals surface area contributed by atoms with Crippen molar-refractivity contribution in [1.82, 2.24) is 15.0 Å². The van der Waals surface area contributed by atoms with E-state index in [2.05, 4.69) is 15.0 Å². The van der Waals surface area contributed by atoms with E-state index < -0.39 is 11.9 Å². The second kappa shape index (κ2) is 5.57. The molecule has 0 radical (unpaired) electrons. The highest BCUT2D eigenvalue weighted by Crippen LogP contribution is 2.34. The van der Waals surface area contributed by atoms with E-state index in [-0.39, 0.29) is 16.6 Å². The summed E-state index contributed by atoms with van der Waals surface area (Å²) in [6.45, 7) is 3.93. The molecule has 0 saturated carbocycles. The van der Waals surface area contributed by atoms with Crippen LogP contribution in [-0.4, -0.2) is 15.0 Å². The molecule has 120 valence electrons. The third kappa shape index (κ3) is 3.20. The van der Waals surface area contributed by atoms with E-state index in [0.717, 1.165) is 32.0 Å². The molecule has 0 fully saturated rings. The fraction of sp³-hybridized carbons (Fsp3) is 0.214. The lowest BCUT2D eigenvalue weighted by atomic mass is 10.1. The molecule has 0 unspecified atom stereocenters. The van der Waals surface area contributed by atoms with Gasteiger partial charge in [0.2, 0.25) is 0 Å². The number of nitrogens with zero attached hydrogens (tertiary/aromatic N) is 3. The second-order valence-corrected chi connectivity index (χ2v) is 7.18. The number of aromatic nitrogens is 3. The van der Waals surface area contributed by atoms with Crippen molar-refractivity contribution in [2.45, 2.75) is 20.0 Å². The van der Waals surface area contributed by atoms with Crippen molar-refractivity contribution in [2.75, 3.05) is 5.73 Å². The lowest BCUT2D eigenvalue weighted by Crippen LogP contribution is -2.05. The summed E-state index contributed by atoms with van der Waals surface area (Å²) in [6, 6.07) is 3.57. The molecule has 0 aliphatic heterocycles. The summed E-state index contributed by atoms with van der Waals surface area (Å²) in [7, 11) is 0. The molecular formula is C14H11F3N4S2. The third-order valence-electron chi connectivity index (χ3n) is 3.05. The molecule has 0 aliphatic rings. The number of aryl methyl sites for hydroxylation is 2. The number of thiophene rings is 1. The summed E-state index contributed by atoms with van der Waals surface area (Å²) < 4.78 is 38.0. The van der Waals surface area contributed by atoms with Crippen LogP contribution in [0.15, 0.2) is 17.5 Å². The van der Waals surface area contributed by atoms with Gasteiger partial charge in [-0.2, -0.15) is 13.2 Å². The molecule has 3 rings (SSSR count). The Balaban J connectivity index is 2.08. The van der Waals surface area contributed by atoms with Crippen LogP contribution in [0.4, 0.5) is 19.0 Å². The van der Waals surface area contributed by atoms with Crippen molar-refractivity contribution >= 4 is 28.5 Å². The fourth-order valence-electron chi connectivity index (χ4n) is 2.09. The average molecular weight is 356 g/mol. The largest absolute Gasteiger partial charge is 0.434 e. The lowest BCUT2D eigenvalue weighted by Gasteiger charge is -2.04. The second-order valence-electron chi connectivity index (χ2n) is 4.86. The van der Waals surface area contributed by atoms with Crippen molar-refractivity contribution < 1.29 is 13.2 Å². The Hall–Kier alpha value is -2.00. The number of thiazole rings is 1. The normalized spacial score (nSPS) is 11.9. The summed E-state index contributed by atoms with van der Waals surface area (Å²) in [4.78, 5) is 14.1. The van der Waals surface area contributed by atoms with Crippen LogP contribution < -0.4 is 5.73 Å². The molecular weight excluding hydrogens is 345 g/mol. The Morgan fingerprint density at radius 1 is 1.09 bits per heavy atom. The minimum Gasteiger partial charge on any atom is -0.384 e. The zero-order valence-corrected chi connectivity index (χ0v) is 13.7. The number of alkyl halides is 3. The molecule has 0 bridgehead atoms. The Morgan fingerprint density at radius 2 is 1.83 bits per heavy atom. The van der Waals surface area contributed by atoms with Crippen LogP contribution in [0.1, 0.15) is 15.4 Å². The van der Waals surface area contributed by atoms with Crippen LogP contribution in [0.5, 0.6) is 0 Å². The quantitative estimate of drug-likeness (QED) is 0.732. The van der Waals surface area contributed by atoms with E-state index in [1.807, 2.05) is 19.9 Å². The van der Waals surface area contributed by atoms with Crippen LogP contribution in [0.2, 0.25) is 0 Å². The molecule has 0 aromatic carbocycles. The van der Waals surface area contributed by atoms with E-state index in [4.69, 9.17) is 5.73 Å². The van der Waals surface area contributed by atoms with E-state index in [1.54, 1.807) is 17.4 Å².